The van der Waals surface area contributed by atoms with Gasteiger partial charge < -0.3 is 4.74 Å². The van der Waals surface area contributed by atoms with E-state index in [1.165, 1.54) is 0 Å². The van der Waals surface area contributed by atoms with Crippen molar-refractivity contribution in [1.29, 1.82) is 5.26 Å². The first-order valence-corrected chi connectivity index (χ1v) is 4.21. The van der Waals surface area contributed by atoms with Gasteiger partial charge in [-0.25, -0.2) is 0 Å². The normalized spacial score (nSPS) is 25.8. The first-order valence-electron chi connectivity index (χ1n) is 4.21. The lowest BCUT2D eigenvalue weighted by Crippen LogP contribution is -2.41. The van der Waals surface area contributed by atoms with Crippen molar-refractivity contribution >= 4 is 0 Å². The van der Waals surface area contributed by atoms with Crippen molar-refractivity contribution in [3.05, 3.63) is 12.2 Å². The molecule has 3 nitrogen and oxygen atoms in total. The zero-order valence-corrected chi connectivity index (χ0v) is 7.36. The summed E-state index contributed by atoms with van der Waals surface area (Å²) in [5.74, 6) is 0. The van der Waals surface area contributed by atoms with E-state index in [1.807, 2.05) is 13.0 Å². The Kier molecular flexibility index (Phi) is 3.78. The van der Waals surface area contributed by atoms with Crippen LogP contribution < -0.4 is 0 Å². The van der Waals surface area contributed by atoms with E-state index in [0.717, 1.165) is 19.6 Å². The van der Waals surface area contributed by atoms with Gasteiger partial charge in [0.15, 0.2) is 6.10 Å². The van der Waals surface area contributed by atoms with Gasteiger partial charge >= 0.3 is 0 Å². The first kappa shape index (κ1) is 9.24. The summed E-state index contributed by atoms with van der Waals surface area (Å²) in [5.41, 5.74) is 0. The molecular weight excluding hydrogens is 152 g/mol. The lowest BCUT2D eigenvalue weighted by Gasteiger charge is -2.28. The summed E-state index contributed by atoms with van der Waals surface area (Å²) < 4.78 is 5.21. The number of morpholine rings is 1. The molecule has 1 saturated heterocycles. The molecule has 0 radical (unpaired) electrons. The van der Waals surface area contributed by atoms with Crippen molar-refractivity contribution in [2.45, 2.75) is 13.0 Å². The fraction of sp³-hybridized carbons (Fsp3) is 0.667. The highest BCUT2D eigenvalue weighted by Gasteiger charge is 2.18. The second kappa shape index (κ2) is 4.91. The van der Waals surface area contributed by atoms with Gasteiger partial charge in [-0.1, -0.05) is 12.2 Å². The summed E-state index contributed by atoms with van der Waals surface area (Å²) in [5, 5.41) is 8.61. The molecule has 1 atom stereocenters. The van der Waals surface area contributed by atoms with Crippen molar-refractivity contribution < 1.29 is 4.74 Å². The lowest BCUT2D eigenvalue weighted by atomic mass is 10.3. The fourth-order valence-corrected chi connectivity index (χ4v) is 1.20. The molecule has 0 bridgehead atoms. The molecule has 0 aliphatic carbocycles. The van der Waals surface area contributed by atoms with Crippen LogP contribution in [0, 0.1) is 11.3 Å². The first-order chi connectivity index (χ1) is 5.86. The number of rotatable bonds is 2. The van der Waals surface area contributed by atoms with Gasteiger partial charge in [-0.15, -0.1) is 0 Å². The summed E-state index contributed by atoms with van der Waals surface area (Å²) in [6, 6.07) is 2.12. The van der Waals surface area contributed by atoms with Gasteiger partial charge in [0.05, 0.1) is 12.7 Å². The molecule has 3 heteroatoms. The van der Waals surface area contributed by atoms with E-state index in [1.54, 1.807) is 0 Å². The molecule has 0 spiro atoms. The minimum absolute atomic E-state index is 0.232. The van der Waals surface area contributed by atoms with Crippen molar-refractivity contribution in [1.82, 2.24) is 4.90 Å². The van der Waals surface area contributed by atoms with Crippen molar-refractivity contribution in [2.24, 2.45) is 0 Å². The zero-order valence-electron chi connectivity index (χ0n) is 7.36. The van der Waals surface area contributed by atoms with Gasteiger partial charge in [0.2, 0.25) is 0 Å². The van der Waals surface area contributed by atoms with E-state index in [4.69, 9.17) is 10.00 Å². The average Bonchev–Trinajstić information content (AvgIpc) is 2.15. The Labute approximate surface area is 73.2 Å². The van der Waals surface area contributed by atoms with Crippen LogP contribution in [0.1, 0.15) is 6.92 Å². The molecule has 1 unspecified atom stereocenters. The maximum absolute atomic E-state index is 8.61. The highest BCUT2D eigenvalue weighted by Crippen LogP contribution is 2.03. The predicted octanol–water partition coefficient (Wildman–Crippen LogP) is 0.787. The van der Waals surface area contributed by atoms with Crippen LogP contribution in [0.2, 0.25) is 0 Å². The van der Waals surface area contributed by atoms with Gasteiger partial charge in [-0.2, -0.15) is 5.26 Å². The Balaban J connectivity index is 2.31. The maximum Gasteiger partial charge on any atom is 0.156 e. The molecule has 0 saturated carbocycles. The van der Waals surface area contributed by atoms with E-state index in [-0.39, 0.29) is 6.10 Å². The van der Waals surface area contributed by atoms with E-state index in [9.17, 15) is 0 Å². The fourth-order valence-electron chi connectivity index (χ4n) is 1.20. The Bertz CT molecular complexity index is 195. The number of nitriles is 1. The number of ether oxygens (including phenoxy) is 1. The quantitative estimate of drug-likeness (QED) is 0.569. The van der Waals surface area contributed by atoms with Gasteiger partial charge in [0, 0.05) is 19.6 Å². The Morgan fingerprint density at radius 2 is 2.58 bits per heavy atom. The molecule has 1 rings (SSSR count). The second-order valence-electron chi connectivity index (χ2n) is 2.82. The largest absolute Gasteiger partial charge is 0.361 e. The standard InChI is InChI=1S/C9H14N2O/c1-2-3-4-11-5-6-12-9(7-10)8-11/h2-3,9H,4-6,8H2,1H3. The Morgan fingerprint density at radius 1 is 1.75 bits per heavy atom. The summed E-state index contributed by atoms with van der Waals surface area (Å²) in [6.45, 7) is 5.28. The molecule has 1 aliphatic rings. The van der Waals surface area contributed by atoms with Crippen LogP contribution in [-0.2, 0) is 4.74 Å². The summed E-state index contributed by atoms with van der Waals surface area (Å²) in [6.07, 6.45) is 3.89. The smallest absolute Gasteiger partial charge is 0.156 e. The van der Waals surface area contributed by atoms with Crippen LogP contribution in [0.5, 0.6) is 0 Å². The molecule has 0 aromatic rings. The summed E-state index contributed by atoms with van der Waals surface area (Å²) in [7, 11) is 0. The minimum Gasteiger partial charge on any atom is -0.361 e. The molecule has 1 fully saturated rings. The highest BCUT2D eigenvalue weighted by molar-refractivity contribution is 4.91. The highest BCUT2D eigenvalue weighted by atomic mass is 16.5. The third kappa shape index (κ3) is 2.65. The molecule has 1 heterocycles. The van der Waals surface area contributed by atoms with Gasteiger partial charge in [-0.05, 0) is 6.92 Å². The molecular formula is C9H14N2O. The lowest BCUT2D eigenvalue weighted by molar-refractivity contribution is 0.00514. The number of nitrogens with zero attached hydrogens (tertiary/aromatic N) is 2. The molecule has 12 heavy (non-hydrogen) atoms. The monoisotopic (exact) mass is 166 g/mol. The molecule has 0 aromatic carbocycles. The van der Waals surface area contributed by atoms with Crippen LogP contribution in [-0.4, -0.2) is 37.2 Å². The predicted molar refractivity (Wildman–Crippen MR) is 46.6 cm³/mol. The topological polar surface area (TPSA) is 36.3 Å². The van der Waals surface area contributed by atoms with Crippen molar-refractivity contribution in [3.63, 3.8) is 0 Å². The third-order valence-electron chi connectivity index (χ3n) is 1.89. The van der Waals surface area contributed by atoms with E-state index >= 15 is 0 Å². The van der Waals surface area contributed by atoms with E-state index in [2.05, 4.69) is 17.0 Å². The van der Waals surface area contributed by atoms with Crippen LogP contribution in [0.25, 0.3) is 0 Å². The van der Waals surface area contributed by atoms with Crippen LogP contribution in [0.15, 0.2) is 12.2 Å². The van der Waals surface area contributed by atoms with E-state index in [0.29, 0.717) is 6.61 Å². The van der Waals surface area contributed by atoms with Crippen molar-refractivity contribution in [2.75, 3.05) is 26.2 Å². The average molecular weight is 166 g/mol. The zero-order chi connectivity index (χ0) is 8.81. The number of hydrogen-bond acceptors (Lipinski definition) is 3. The van der Waals surface area contributed by atoms with Gasteiger partial charge in [0.1, 0.15) is 0 Å². The van der Waals surface area contributed by atoms with Crippen LogP contribution in [0.4, 0.5) is 0 Å². The minimum atomic E-state index is -0.232. The maximum atomic E-state index is 8.61. The van der Waals surface area contributed by atoms with E-state index < -0.39 is 0 Å². The van der Waals surface area contributed by atoms with Gasteiger partial charge in [-0.3, -0.25) is 4.90 Å². The summed E-state index contributed by atoms with van der Waals surface area (Å²) in [4.78, 5) is 2.22. The van der Waals surface area contributed by atoms with Crippen LogP contribution in [0.3, 0.4) is 0 Å². The van der Waals surface area contributed by atoms with Crippen molar-refractivity contribution in [3.8, 4) is 6.07 Å². The Morgan fingerprint density at radius 3 is 3.25 bits per heavy atom. The third-order valence-corrected chi connectivity index (χ3v) is 1.89. The summed E-state index contributed by atoms with van der Waals surface area (Å²) >= 11 is 0. The second-order valence-corrected chi connectivity index (χ2v) is 2.82. The number of allylic oxidation sites excluding steroid dienone is 1. The molecule has 0 N–H and O–H groups in total. The SMILES string of the molecule is CC=CCN1CCOC(C#N)C1. The molecule has 0 aromatic heterocycles. The van der Waals surface area contributed by atoms with Gasteiger partial charge in [0.25, 0.3) is 0 Å². The number of hydrogen-bond donors (Lipinski definition) is 0. The molecule has 66 valence electrons. The van der Waals surface area contributed by atoms with Crippen LogP contribution >= 0.6 is 0 Å². The molecule has 0 amide bonds. The Hall–Kier alpha value is -0.850. The molecule has 1 aliphatic heterocycles.